The van der Waals surface area contributed by atoms with Gasteiger partial charge >= 0.3 is 0 Å². The van der Waals surface area contributed by atoms with E-state index in [4.69, 9.17) is 0 Å². The molecule has 1 saturated heterocycles. The second-order valence-corrected chi connectivity index (χ2v) is 7.09. The van der Waals surface area contributed by atoms with Gasteiger partial charge in [-0.3, -0.25) is 0 Å². The summed E-state index contributed by atoms with van der Waals surface area (Å²) in [5.74, 6) is -0.866. The van der Waals surface area contributed by atoms with Crippen molar-refractivity contribution in [3.63, 3.8) is 0 Å². The lowest BCUT2D eigenvalue weighted by Gasteiger charge is -2.36. The second-order valence-electron chi connectivity index (χ2n) is 7.09. The van der Waals surface area contributed by atoms with E-state index in [-0.39, 0.29) is 0 Å². The Labute approximate surface area is 168 Å². The Balaban J connectivity index is 1.44. The molecule has 2 heterocycles. The molecule has 150 valence electrons. The van der Waals surface area contributed by atoms with E-state index in [0.29, 0.717) is 17.5 Å². The fourth-order valence-corrected chi connectivity index (χ4v) is 3.44. The summed E-state index contributed by atoms with van der Waals surface area (Å²) < 4.78 is 26.5. The number of halogens is 2. The molecule has 2 aromatic carbocycles. The van der Waals surface area contributed by atoms with Crippen LogP contribution in [0.2, 0.25) is 0 Å². The van der Waals surface area contributed by atoms with Crippen molar-refractivity contribution < 1.29 is 8.78 Å². The molecule has 0 aliphatic carbocycles. The molecule has 0 radical (unpaired) electrons. The molecule has 1 aromatic heterocycles. The number of nitrogens with one attached hydrogen (secondary N) is 1. The van der Waals surface area contributed by atoms with E-state index in [1.165, 1.54) is 29.1 Å². The van der Waals surface area contributed by atoms with Gasteiger partial charge in [0.15, 0.2) is 17.5 Å². The largest absolute Gasteiger partial charge is 0.368 e. The smallest absolute Gasteiger partial charge is 0.247 e. The molecular formula is C21H22F2N6. The summed E-state index contributed by atoms with van der Waals surface area (Å²) in [6.45, 7) is 7.52. The minimum atomic E-state index is -0.917. The first kappa shape index (κ1) is 19.0. The zero-order valence-electron chi connectivity index (χ0n) is 16.4. The van der Waals surface area contributed by atoms with Crippen LogP contribution >= 0.6 is 0 Å². The Morgan fingerprint density at radius 3 is 2.45 bits per heavy atom. The first-order valence-electron chi connectivity index (χ1n) is 9.49. The maximum Gasteiger partial charge on any atom is 0.247 e. The summed E-state index contributed by atoms with van der Waals surface area (Å²) in [6.07, 6.45) is 1.46. The molecule has 1 aliphatic heterocycles. The molecular weight excluding hydrogens is 374 g/mol. The topological polar surface area (TPSA) is 57.2 Å². The van der Waals surface area contributed by atoms with Crippen LogP contribution in [0.4, 0.5) is 31.9 Å². The van der Waals surface area contributed by atoms with Gasteiger partial charge in [0.2, 0.25) is 5.95 Å². The van der Waals surface area contributed by atoms with Crippen molar-refractivity contribution in [2.24, 2.45) is 0 Å². The Morgan fingerprint density at radius 1 is 0.931 bits per heavy atom. The van der Waals surface area contributed by atoms with Gasteiger partial charge in [-0.25, -0.2) is 8.78 Å². The summed E-state index contributed by atoms with van der Waals surface area (Å²) in [5, 5.41) is 11.1. The number of hydrogen-bond donors (Lipinski definition) is 1. The van der Waals surface area contributed by atoms with Gasteiger partial charge in [0.1, 0.15) is 0 Å². The molecule has 0 atom stereocenters. The quantitative estimate of drug-likeness (QED) is 0.723. The van der Waals surface area contributed by atoms with E-state index in [0.717, 1.165) is 38.3 Å². The van der Waals surface area contributed by atoms with Gasteiger partial charge in [-0.05, 0) is 43.2 Å². The summed E-state index contributed by atoms with van der Waals surface area (Å²) >= 11 is 0. The van der Waals surface area contributed by atoms with Crippen molar-refractivity contribution in [1.82, 2.24) is 15.2 Å². The van der Waals surface area contributed by atoms with Crippen LogP contribution in [-0.4, -0.2) is 41.4 Å². The van der Waals surface area contributed by atoms with Crippen LogP contribution in [0.5, 0.6) is 0 Å². The van der Waals surface area contributed by atoms with Gasteiger partial charge < -0.3 is 15.1 Å². The number of benzene rings is 2. The number of aryl methyl sites for hydroxylation is 1. The Kier molecular flexibility index (Phi) is 5.24. The van der Waals surface area contributed by atoms with Crippen molar-refractivity contribution in [3.05, 3.63) is 65.4 Å². The van der Waals surface area contributed by atoms with Crippen molar-refractivity contribution >= 4 is 23.1 Å². The first-order chi connectivity index (χ1) is 14.0. The fraction of sp³-hybridized carbons (Fsp3) is 0.286. The second kappa shape index (κ2) is 7.98. The molecule has 6 nitrogen and oxygen atoms in total. The summed E-state index contributed by atoms with van der Waals surface area (Å²) in [5.41, 5.74) is 4.25. The van der Waals surface area contributed by atoms with Crippen LogP contribution < -0.4 is 15.1 Å². The van der Waals surface area contributed by atoms with E-state index in [2.05, 4.69) is 62.3 Å². The van der Waals surface area contributed by atoms with E-state index in [9.17, 15) is 8.78 Å². The molecule has 0 amide bonds. The van der Waals surface area contributed by atoms with E-state index in [1.54, 1.807) is 0 Å². The lowest BCUT2D eigenvalue weighted by atomic mass is 10.1. The number of hydrogen-bond acceptors (Lipinski definition) is 6. The molecule has 29 heavy (non-hydrogen) atoms. The van der Waals surface area contributed by atoms with Crippen LogP contribution in [0.1, 0.15) is 11.1 Å². The first-order valence-corrected chi connectivity index (χ1v) is 9.49. The lowest BCUT2D eigenvalue weighted by Crippen LogP contribution is -2.47. The number of piperazine rings is 1. The average molecular weight is 396 g/mol. The van der Waals surface area contributed by atoms with Crippen LogP contribution in [-0.2, 0) is 0 Å². The highest BCUT2D eigenvalue weighted by molar-refractivity contribution is 5.58. The summed E-state index contributed by atoms with van der Waals surface area (Å²) in [4.78, 5) is 8.92. The molecule has 4 rings (SSSR count). The zero-order valence-corrected chi connectivity index (χ0v) is 16.4. The van der Waals surface area contributed by atoms with Crippen molar-refractivity contribution in [1.29, 1.82) is 0 Å². The SMILES string of the molecule is Cc1cccc(N2CCN(c3nncc(Nc4ccc(F)c(F)c4)n3)CC2)c1C. The van der Waals surface area contributed by atoms with Gasteiger partial charge in [0.05, 0.1) is 6.20 Å². The molecule has 8 heteroatoms. The van der Waals surface area contributed by atoms with Gasteiger partial charge in [0.25, 0.3) is 0 Å². The third kappa shape index (κ3) is 4.11. The summed E-state index contributed by atoms with van der Waals surface area (Å²) in [6, 6.07) is 9.97. The zero-order chi connectivity index (χ0) is 20.4. The molecule has 0 bridgehead atoms. The van der Waals surface area contributed by atoms with Crippen molar-refractivity contribution in [2.75, 3.05) is 41.3 Å². The fourth-order valence-electron chi connectivity index (χ4n) is 3.44. The monoisotopic (exact) mass is 396 g/mol. The maximum atomic E-state index is 13.4. The predicted octanol–water partition coefficient (Wildman–Crippen LogP) is 3.84. The molecule has 3 aromatic rings. The highest BCUT2D eigenvalue weighted by Crippen LogP contribution is 2.25. The van der Waals surface area contributed by atoms with Crippen LogP contribution in [0, 0.1) is 25.5 Å². The normalized spacial score (nSPS) is 14.2. The van der Waals surface area contributed by atoms with Crippen LogP contribution in [0.15, 0.2) is 42.6 Å². The van der Waals surface area contributed by atoms with Gasteiger partial charge in [-0.15, -0.1) is 5.10 Å². The molecule has 0 unspecified atom stereocenters. The summed E-state index contributed by atoms with van der Waals surface area (Å²) in [7, 11) is 0. The average Bonchev–Trinajstić information content (AvgIpc) is 2.73. The van der Waals surface area contributed by atoms with Crippen molar-refractivity contribution in [2.45, 2.75) is 13.8 Å². The van der Waals surface area contributed by atoms with Gasteiger partial charge in [0, 0.05) is 43.6 Å². The third-order valence-electron chi connectivity index (χ3n) is 5.22. The molecule has 0 saturated carbocycles. The van der Waals surface area contributed by atoms with Gasteiger partial charge in [-0.1, -0.05) is 12.1 Å². The minimum absolute atomic E-state index is 0.398. The molecule has 1 N–H and O–H groups in total. The number of anilines is 4. The maximum absolute atomic E-state index is 13.4. The predicted molar refractivity (Wildman–Crippen MR) is 110 cm³/mol. The molecule has 1 fully saturated rings. The van der Waals surface area contributed by atoms with Gasteiger partial charge in [-0.2, -0.15) is 10.1 Å². The number of rotatable bonds is 4. The minimum Gasteiger partial charge on any atom is -0.368 e. The highest BCUT2D eigenvalue weighted by Gasteiger charge is 2.21. The van der Waals surface area contributed by atoms with Crippen LogP contribution in [0.25, 0.3) is 0 Å². The Hall–Kier alpha value is -3.29. The van der Waals surface area contributed by atoms with Crippen LogP contribution in [0.3, 0.4) is 0 Å². The standard InChI is InChI=1S/C21H22F2N6/c1-14-4-3-5-19(15(14)2)28-8-10-29(11-9-28)21-26-20(13-24-27-21)25-16-6-7-17(22)18(23)12-16/h3-7,12-13H,8-11H2,1-2H3,(H,25,26,27). The number of aromatic nitrogens is 3. The van der Waals surface area contributed by atoms with E-state index >= 15 is 0 Å². The lowest BCUT2D eigenvalue weighted by molar-refractivity contribution is 0.509. The van der Waals surface area contributed by atoms with E-state index < -0.39 is 11.6 Å². The third-order valence-corrected chi connectivity index (χ3v) is 5.22. The highest BCUT2D eigenvalue weighted by atomic mass is 19.2. The molecule has 0 spiro atoms. The Bertz CT molecular complexity index is 1020. The number of nitrogens with zero attached hydrogens (tertiary/aromatic N) is 5. The van der Waals surface area contributed by atoms with E-state index in [1.807, 2.05) is 0 Å². The van der Waals surface area contributed by atoms with Crippen molar-refractivity contribution in [3.8, 4) is 0 Å². The Morgan fingerprint density at radius 2 is 1.69 bits per heavy atom. The molecule has 1 aliphatic rings.